The van der Waals surface area contributed by atoms with E-state index < -0.39 is 75.6 Å². The Morgan fingerprint density at radius 1 is 1.21 bits per heavy atom. The average molecular weight is 584 g/mol. The molecule has 6 atom stereocenters. The molecule has 7 N–H and O–H groups in total. The van der Waals surface area contributed by atoms with E-state index in [1.165, 1.54) is 19.0 Å². The van der Waals surface area contributed by atoms with Gasteiger partial charge in [0.2, 0.25) is 5.78 Å². The molecule has 1 aromatic rings. The number of likely N-dealkylation sites (N-methyl/N-ethyl adjacent to an activating group) is 1. The molecule has 3 aliphatic carbocycles. The lowest BCUT2D eigenvalue weighted by molar-refractivity contribution is -0.162. The zero-order valence-electron chi connectivity index (χ0n) is 18.8. The molecule has 10 nitrogen and oxygen atoms in total. The van der Waals surface area contributed by atoms with Crippen molar-refractivity contribution in [2.45, 2.75) is 37.5 Å². The lowest BCUT2D eigenvalue weighted by Crippen LogP contribution is -2.68. The molecule has 0 bridgehead atoms. The van der Waals surface area contributed by atoms with Gasteiger partial charge in [-0.3, -0.25) is 19.3 Å². The van der Waals surface area contributed by atoms with Crippen LogP contribution in [0.3, 0.4) is 0 Å². The van der Waals surface area contributed by atoms with Crippen molar-refractivity contribution in [2.75, 3.05) is 14.1 Å². The van der Waals surface area contributed by atoms with E-state index in [1.807, 2.05) is 22.6 Å². The summed E-state index contributed by atoms with van der Waals surface area (Å²) in [7, 11) is 2.99. The molecule has 0 radical (unpaired) electrons. The van der Waals surface area contributed by atoms with E-state index >= 15 is 0 Å². The van der Waals surface area contributed by atoms with Gasteiger partial charge in [-0.2, -0.15) is 0 Å². The number of ketones is 2. The molecule has 34 heavy (non-hydrogen) atoms. The minimum absolute atomic E-state index is 0.0788. The molecule has 0 spiro atoms. The number of hydrogen-bond acceptors (Lipinski definition) is 9. The molecule has 0 aliphatic heterocycles. The normalized spacial score (nSPS) is 33.1. The number of aryl methyl sites for hydroxylation is 1. The van der Waals surface area contributed by atoms with E-state index in [9.17, 15) is 39.9 Å². The lowest BCUT2D eigenvalue weighted by Gasteiger charge is -2.53. The van der Waals surface area contributed by atoms with Crippen LogP contribution in [-0.4, -0.2) is 79.7 Å². The standard InChI is InChI=1S/C23H25IN2O8/c1-6-5-8(24)9-7(2)10-12(17(28)11(9)16(6)27)20(31)23(34)14(18(10)29)15(26(3)4)19(30)13(21(23)32)22(25)33/h5,7,10,14-15,18,27,29-31,34H,1-4H3,(H2,25,33)/t7-,10+,14+,15-,18-,23-/m0/s1. The van der Waals surface area contributed by atoms with Crippen LogP contribution in [0.1, 0.15) is 34.3 Å². The van der Waals surface area contributed by atoms with Gasteiger partial charge in [0.05, 0.1) is 23.6 Å². The first kappa shape index (κ1) is 24.6. The summed E-state index contributed by atoms with van der Waals surface area (Å²) in [5.74, 6) is -8.84. The van der Waals surface area contributed by atoms with Gasteiger partial charge < -0.3 is 31.3 Å². The molecule has 0 aromatic heterocycles. The first-order chi connectivity index (χ1) is 15.7. The predicted octanol–water partition coefficient (Wildman–Crippen LogP) is 0.565. The van der Waals surface area contributed by atoms with Crippen LogP contribution in [0.25, 0.3) is 0 Å². The zero-order chi connectivity index (χ0) is 25.6. The van der Waals surface area contributed by atoms with Gasteiger partial charge in [-0.25, -0.2) is 0 Å². The van der Waals surface area contributed by atoms with Gasteiger partial charge in [0.1, 0.15) is 22.8 Å². The summed E-state index contributed by atoms with van der Waals surface area (Å²) in [4.78, 5) is 40.3. The molecule has 3 aliphatic rings. The Labute approximate surface area is 208 Å². The molecule has 1 amide bonds. The number of nitrogens with zero attached hydrogens (tertiary/aromatic N) is 1. The molecule has 0 fully saturated rings. The summed E-state index contributed by atoms with van der Waals surface area (Å²) >= 11 is 2.02. The van der Waals surface area contributed by atoms with Crippen LogP contribution >= 0.6 is 22.6 Å². The van der Waals surface area contributed by atoms with E-state index in [0.29, 0.717) is 14.7 Å². The van der Waals surface area contributed by atoms with Crippen molar-refractivity contribution in [3.05, 3.63) is 49.0 Å². The Hall–Kier alpha value is -2.48. The number of amides is 1. The number of phenols is 1. The van der Waals surface area contributed by atoms with Crippen molar-refractivity contribution in [2.24, 2.45) is 17.6 Å². The number of carbonyl (C=O) groups is 3. The van der Waals surface area contributed by atoms with Gasteiger partial charge in [0.25, 0.3) is 5.91 Å². The Morgan fingerprint density at radius 2 is 1.79 bits per heavy atom. The molecule has 182 valence electrons. The highest BCUT2D eigenvalue weighted by Gasteiger charge is 2.67. The Kier molecular flexibility index (Phi) is 5.63. The largest absolute Gasteiger partial charge is 0.510 e. The summed E-state index contributed by atoms with van der Waals surface area (Å²) in [6, 6.07) is 0.414. The summed E-state index contributed by atoms with van der Waals surface area (Å²) in [5, 5.41) is 55.9. The van der Waals surface area contributed by atoms with Gasteiger partial charge in [-0.1, -0.05) is 6.92 Å². The highest BCUT2D eigenvalue weighted by molar-refractivity contribution is 14.1. The fraction of sp³-hybridized carbons (Fsp3) is 0.435. The fourth-order valence-corrected chi connectivity index (χ4v) is 7.07. The van der Waals surface area contributed by atoms with Crippen molar-refractivity contribution in [3.8, 4) is 5.75 Å². The third kappa shape index (κ3) is 2.87. The molecular formula is C23H25IN2O8. The smallest absolute Gasteiger partial charge is 0.255 e. The summed E-state index contributed by atoms with van der Waals surface area (Å²) < 4.78 is 0.665. The number of hydrogen-bond donors (Lipinski definition) is 6. The van der Waals surface area contributed by atoms with Crippen LogP contribution in [0.2, 0.25) is 0 Å². The van der Waals surface area contributed by atoms with Crippen molar-refractivity contribution in [1.29, 1.82) is 0 Å². The fourth-order valence-electron chi connectivity index (χ4n) is 5.84. The monoisotopic (exact) mass is 584 g/mol. The number of Topliss-reactive ketones (excluding diaryl/α,β-unsaturated/α-hetero) is 2. The summed E-state index contributed by atoms with van der Waals surface area (Å²) in [6.07, 6.45) is -1.60. The molecule has 4 rings (SSSR count). The van der Waals surface area contributed by atoms with Crippen LogP contribution in [0.15, 0.2) is 28.7 Å². The maximum absolute atomic E-state index is 13.6. The zero-order valence-corrected chi connectivity index (χ0v) is 21.0. The summed E-state index contributed by atoms with van der Waals surface area (Å²) in [6.45, 7) is 3.31. The van der Waals surface area contributed by atoms with Crippen LogP contribution in [0, 0.1) is 22.3 Å². The third-order valence-corrected chi connectivity index (χ3v) is 8.26. The molecule has 11 heteroatoms. The maximum atomic E-state index is 13.6. The molecule has 1 aromatic carbocycles. The number of aliphatic hydroxyl groups excluding tert-OH is 3. The van der Waals surface area contributed by atoms with Crippen molar-refractivity contribution < 1.29 is 39.9 Å². The number of nitrogens with two attached hydrogens (primary N) is 1. The SMILES string of the molecule is Cc1cc(I)c2c(c1O)C(=O)C1=C(O)[C@]3(O)C(=O)C(C(N)=O)=C(O)[C@@H](N(C)C)[C@@H]3[C@@H](O)[C@@H]1[C@H]2C. The van der Waals surface area contributed by atoms with E-state index in [1.54, 1.807) is 19.9 Å². The topological polar surface area (TPSA) is 182 Å². The maximum Gasteiger partial charge on any atom is 0.255 e. The number of phenolic OH excluding ortho intramolecular Hbond substituents is 1. The van der Waals surface area contributed by atoms with E-state index in [4.69, 9.17) is 5.73 Å². The van der Waals surface area contributed by atoms with Gasteiger partial charge in [-0.05, 0) is 66.7 Å². The second-order valence-corrected chi connectivity index (χ2v) is 10.5. The van der Waals surface area contributed by atoms with Crippen LogP contribution in [-0.2, 0) is 9.59 Å². The highest BCUT2D eigenvalue weighted by atomic mass is 127. The van der Waals surface area contributed by atoms with Gasteiger partial charge in [0.15, 0.2) is 11.4 Å². The number of rotatable bonds is 2. The Bertz CT molecular complexity index is 1240. The number of aliphatic hydroxyl groups is 4. The number of fused-ring (bicyclic) bond motifs is 3. The van der Waals surface area contributed by atoms with Crippen molar-refractivity contribution in [3.63, 3.8) is 0 Å². The number of halogens is 1. The van der Waals surface area contributed by atoms with Crippen LogP contribution in [0.5, 0.6) is 5.75 Å². The minimum Gasteiger partial charge on any atom is -0.510 e. The van der Waals surface area contributed by atoms with E-state index in [-0.39, 0.29) is 11.3 Å². The van der Waals surface area contributed by atoms with Crippen LogP contribution < -0.4 is 5.73 Å². The third-order valence-electron chi connectivity index (χ3n) is 7.37. The molecule has 0 heterocycles. The van der Waals surface area contributed by atoms with Crippen molar-refractivity contribution >= 4 is 40.1 Å². The summed E-state index contributed by atoms with van der Waals surface area (Å²) in [5.41, 5.74) is 1.87. The number of carbonyl (C=O) groups excluding carboxylic acids is 3. The second-order valence-electron chi connectivity index (χ2n) is 9.36. The molecule has 0 saturated heterocycles. The van der Waals surface area contributed by atoms with E-state index in [2.05, 4.69) is 0 Å². The van der Waals surface area contributed by atoms with Gasteiger partial charge in [0, 0.05) is 15.1 Å². The predicted molar refractivity (Wildman–Crippen MR) is 127 cm³/mol. The molecule has 0 unspecified atom stereocenters. The number of aromatic hydroxyl groups is 1. The quantitative estimate of drug-likeness (QED) is 0.214. The first-order valence-corrected chi connectivity index (χ1v) is 11.6. The van der Waals surface area contributed by atoms with Gasteiger partial charge in [-0.15, -0.1) is 0 Å². The first-order valence-electron chi connectivity index (χ1n) is 10.5. The molecule has 0 saturated carbocycles. The second kappa shape index (κ2) is 7.77. The van der Waals surface area contributed by atoms with Crippen molar-refractivity contribution in [1.82, 2.24) is 4.90 Å². The number of benzene rings is 1. The average Bonchev–Trinajstić information content (AvgIpc) is 2.73. The van der Waals surface area contributed by atoms with E-state index in [0.717, 1.165) is 0 Å². The number of primary amides is 1. The lowest BCUT2D eigenvalue weighted by atomic mass is 9.55. The van der Waals surface area contributed by atoms with Crippen LogP contribution in [0.4, 0.5) is 0 Å². The minimum atomic E-state index is -2.91. The van der Waals surface area contributed by atoms with Gasteiger partial charge >= 0.3 is 0 Å². The Morgan fingerprint density at radius 3 is 2.32 bits per heavy atom. The highest BCUT2D eigenvalue weighted by Crippen LogP contribution is 2.56. The Balaban J connectivity index is 2.09. The molecular weight excluding hydrogens is 559 g/mol.